The molecule has 4 heteroatoms. The van der Waals surface area contributed by atoms with Crippen LogP contribution in [-0.4, -0.2) is 5.97 Å². The molecular weight excluding hydrogens is 169 g/mol. The molecule has 0 saturated heterocycles. The molecule has 11 heavy (non-hydrogen) atoms. The van der Waals surface area contributed by atoms with Crippen LogP contribution in [0.2, 0.25) is 0 Å². The van der Waals surface area contributed by atoms with Crippen LogP contribution in [0.3, 0.4) is 0 Å². The molecule has 0 bridgehead atoms. The summed E-state index contributed by atoms with van der Waals surface area (Å²) >= 11 is 0. The zero-order valence-electron chi connectivity index (χ0n) is 6.20. The van der Waals surface area contributed by atoms with Crippen molar-refractivity contribution in [1.82, 2.24) is 0 Å². The monoisotopic (exact) mass is 175 g/mol. The molecule has 2 N–H and O–H groups in total. The first-order valence-electron chi connectivity index (χ1n) is 2.77. The van der Waals surface area contributed by atoms with Crippen LogP contribution < -0.4 is 62.2 Å². The van der Waals surface area contributed by atoms with Crippen molar-refractivity contribution in [1.29, 1.82) is 0 Å². The number of hydrogen-bond donors (Lipinski definition) is 1. The normalized spacial score (nSPS) is 8.36. The van der Waals surface area contributed by atoms with Crippen LogP contribution >= 0.6 is 0 Å². The van der Waals surface area contributed by atoms with Crippen molar-refractivity contribution in [2.45, 2.75) is 0 Å². The molecule has 0 radical (unpaired) electrons. The van der Waals surface area contributed by atoms with Crippen molar-refractivity contribution in [2.75, 3.05) is 5.73 Å². The number of aromatic carboxylic acids is 1. The zero-order chi connectivity index (χ0) is 7.56. The van der Waals surface area contributed by atoms with E-state index in [1.165, 1.54) is 24.3 Å². The Morgan fingerprint density at radius 2 is 1.73 bits per heavy atom. The van der Waals surface area contributed by atoms with Crippen molar-refractivity contribution in [3.63, 3.8) is 0 Å². The van der Waals surface area contributed by atoms with Gasteiger partial charge in [0.1, 0.15) is 0 Å². The number of carboxylic acid groups (broad SMARTS) is 1. The largest absolute Gasteiger partial charge is 1.00 e. The quantitative estimate of drug-likeness (QED) is 0.358. The maximum atomic E-state index is 10.2. The fourth-order valence-electron chi connectivity index (χ4n) is 0.619. The first kappa shape index (κ1) is 11.1. The Balaban J connectivity index is 0.000001000. The molecular formula is C7H6KNO2. The van der Waals surface area contributed by atoms with Crippen molar-refractivity contribution >= 4 is 11.7 Å². The third-order valence-electron chi connectivity index (χ3n) is 1.15. The number of carbonyl (C=O) groups excluding carboxylic acids is 1. The number of anilines is 1. The molecule has 3 nitrogen and oxygen atoms in total. The first-order chi connectivity index (χ1) is 4.70. The molecule has 0 aliphatic carbocycles. The van der Waals surface area contributed by atoms with Crippen LogP contribution in [0.5, 0.6) is 0 Å². The summed E-state index contributed by atoms with van der Waals surface area (Å²) in [4.78, 5) is 10.2. The summed E-state index contributed by atoms with van der Waals surface area (Å²) in [7, 11) is 0. The zero-order valence-corrected chi connectivity index (χ0v) is 9.33. The van der Waals surface area contributed by atoms with Crippen molar-refractivity contribution in [3.05, 3.63) is 29.8 Å². The van der Waals surface area contributed by atoms with Gasteiger partial charge in [-0.2, -0.15) is 0 Å². The predicted molar refractivity (Wildman–Crippen MR) is 35.2 cm³/mol. The second-order valence-corrected chi connectivity index (χ2v) is 1.91. The Hall–Kier alpha value is 0.126. The Bertz CT molecular complexity index is 245. The van der Waals surface area contributed by atoms with Crippen LogP contribution in [0.25, 0.3) is 0 Å². The van der Waals surface area contributed by atoms with Gasteiger partial charge in [-0.3, -0.25) is 0 Å². The molecule has 0 heterocycles. The minimum Gasteiger partial charge on any atom is -0.545 e. The van der Waals surface area contributed by atoms with E-state index in [2.05, 4.69) is 0 Å². The molecule has 0 aliphatic heterocycles. The van der Waals surface area contributed by atoms with E-state index in [9.17, 15) is 9.90 Å². The Morgan fingerprint density at radius 1 is 1.27 bits per heavy atom. The fraction of sp³-hybridized carbons (Fsp3) is 0. The Morgan fingerprint density at radius 3 is 2.09 bits per heavy atom. The van der Waals surface area contributed by atoms with Gasteiger partial charge in [-0.25, -0.2) is 0 Å². The molecule has 0 fully saturated rings. The molecule has 0 spiro atoms. The smallest absolute Gasteiger partial charge is 0.545 e. The molecule has 0 aliphatic rings. The number of hydrogen-bond acceptors (Lipinski definition) is 3. The maximum absolute atomic E-state index is 10.2. The van der Waals surface area contributed by atoms with E-state index in [1.807, 2.05) is 0 Å². The summed E-state index contributed by atoms with van der Waals surface area (Å²) in [6.45, 7) is 0. The van der Waals surface area contributed by atoms with Crippen LogP contribution in [0, 0.1) is 0 Å². The molecule has 0 amide bonds. The van der Waals surface area contributed by atoms with Gasteiger partial charge in [0.05, 0.1) is 5.97 Å². The van der Waals surface area contributed by atoms with Gasteiger partial charge in [0.15, 0.2) is 0 Å². The third-order valence-corrected chi connectivity index (χ3v) is 1.15. The van der Waals surface area contributed by atoms with Gasteiger partial charge in [-0.1, -0.05) is 12.1 Å². The van der Waals surface area contributed by atoms with E-state index >= 15 is 0 Å². The number of carboxylic acids is 1. The molecule has 0 unspecified atom stereocenters. The van der Waals surface area contributed by atoms with Gasteiger partial charge in [0.2, 0.25) is 0 Å². The van der Waals surface area contributed by atoms with Crippen LogP contribution in [0.1, 0.15) is 10.4 Å². The van der Waals surface area contributed by atoms with Crippen LogP contribution in [0.4, 0.5) is 5.69 Å². The number of benzene rings is 1. The van der Waals surface area contributed by atoms with E-state index < -0.39 is 5.97 Å². The van der Waals surface area contributed by atoms with E-state index in [4.69, 9.17) is 5.73 Å². The average Bonchev–Trinajstić information content (AvgIpc) is 1.88. The van der Waals surface area contributed by atoms with Crippen molar-refractivity contribution < 1.29 is 61.3 Å². The van der Waals surface area contributed by atoms with E-state index in [1.54, 1.807) is 0 Å². The second-order valence-electron chi connectivity index (χ2n) is 1.91. The second kappa shape index (κ2) is 4.90. The van der Waals surface area contributed by atoms with Gasteiger partial charge >= 0.3 is 51.4 Å². The van der Waals surface area contributed by atoms with Crippen molar-refractivity contribution in [3.8, 4) is 0 Å². The summed E-state index contributed by atoms with van der Waals surface area (Å²) in [6, 6.07) is 5.85. The number of rotatable bonds is 1. The minimum absolute atomic E-state index is 0. The van der Waals surface area contributed by atoms with Gasteiger partial charge < -0.3 is 15.6 Å². The molecule has 1 aromatic rings. The first-order valence-corrected chi connectivity index (χ1v) is 2.77. The van der Waals surface area contributed by atoms with E-state index in [0.29, 0.717) is 5.69 Å². The van der Waals surface area contributed by atoms with E-state index in [-0.39, 0.29) is 56.9 Å². The third kappa shape index (κ3) is 3.35. The molecule has 1 rings (SSSR count). The number of nitrogens with two attached hydrogens (primary N) is 1. The Labute approximate surface area is 107 Å². The minimum atomic E-state index is -1.18. The average molecular weight is 175 g/mol. The molecule has 1 aromatic carbocycles. The summed E-state index contributed by atoms with van der Waals surface area (Å²) in [5, 5.41) is 10.2. The van der Waals surface area contributed by atoms with Crippen LogP contribution in [-0.2, 0) is 0 Å². The predicted octanol–water partition coefficient (Wildman–Crippen LogP) is -3.36. The topological polar surface area (TPSA) is 66.2 Å². The van der Waals surface area contributed by atoms with Gasteiger partial charge in [0, 0.05) is 5.69 Å². The summed E-state index contributed by atoms with van der Waals surface area (Å²) in [6.07, 6.45) is 0. The molecule has 52 valence electrons. The van der Waals surface area contributed by atoms with Gasteiger partial charge in [-0.05, 0) is 17.7 Å². The summed E-state index contributed by atoms with van der Waals surface area (Å²) < 4.78 is 0. The van der Waals surface area contributed by atoms with E-state index in [0.717, 1.165) is 0 Å². The standard InChI is InChI=1S/C7H7NO2.K/c8-6-3-1-5(2-4-6)7(9)10;/h1-4H,8H2,(H,9,10);/q;+1/p-1. The SMILES string of the molecule is Nc1ccc(C(=O)[O-])cc1.[K+]. The Kier molecular flexibility index (Phi) is 4.95. The van der Waals surface area contributed by atoms with Gasteiger partial charge in [-0.15, -0.1) is 0 Å². The molecule has 0 atom stereocenters. The van der Waals surface area contributed by atoms with Gasteiger partial charge in [0.25, 0.3) is 0 Å². The van der Waals surface area contributed by atoms with Crippen molar-refractivity contribution in [2.24, 2.45) is 0 Å². The summed E-state index contributed by atoms with van der Waals surface area (Å²) in [5.74, 6) is -1.18. The molecule has 0 aromatic heterocycles. The maximum Gasteiger partial charge on any atom is 1.00 e. The number of carbonyl (C=O) groups is 1. The summed E-state index contributed by atoms with van der Waals surface area (Å²) in [5.41, 5.74) is 6.01. The number of nitrogen functional groups attached to an aromatic ring is 1. The molecule has 0 saturated carbocycles. The van der Waals surface area contributed by atoms with Crippen LogP contribution in [0.15, 0.2) is 24.3 Å². The fourth-order valence-corrected chi connectivity index (χ4v) is 0.619.